The quantitative estimate of drug-likeness (QED) is 0.412. The van der Waals surface area contributed by atoms with Crippen LogP contribution in [0.4, 0.5) is 4.79 Å². The molecule has 4 N–H and O–H groups in total. The van der Waals surface area contributed by atoms with Crippen LogP contribution in [-0.2, 0) is 16.8 Å². The van der Waals surface area contributed by atoms with Crippen LogP contribution in [0.2, 0.25) is 0 Å². The molecular weight excluding hydrogens is 286 g/mol. The Bertz CT molecular complexity index is 717. The van der Waals surface area contributed by atoms with Crippen LogP contribution in [0, 0.1) is 0 Å². The summed E-state index contributed by atoms with van der Waals surface area (Å²) in [5.74, 6) is -1.02. The number of aromatic hydroxyl groups is 2. The predicted octanol–water partition coefficient (Wildman–Crippen LogP) is 0.455. The number of likely N-dealkylation sites (N-methyl/N-ethyl adjacent to an activating group) is 1. The summed E-state index contributed by atoms with van der Waals surface area (Å²) in [7, 11) is 2.01. The van der Waals surface area contributed by atoms with Crippen LogP contribution in [0.3, 0.4) is 0 Å². The lowest BCUT2D eigenvalue weighted by Gasteiger charge is -2.44. The van der Waals surface area contributed by atoms with Gasteiger partial charge in [0.15, 0.2) is 17.0 Å². The maximum Gasteiger partial charge on any atom is 0.322 e. The molecule has 1 aliphatic carbocycles. The van der Waals surface area contributed by atoms with Crippen LogP contribution in [-0.4, -0.2) is 40.6 Å². The highest BCUT2D eigenvalue weighted by atomic mass is 16.3. The maximum atomic E-state index is 12.4. The van der Waals surface area contributed by atoms with Gasteiger partial charge in [0.05, 0.1) is 0 Å². The Hall–Kier alpha value is -2.28. The molecule has 1 spiro atoms. The summed E-state index contributed by atoms with van der Waals surface area (Å²) < 4.78 is 0. The van der Waals surface area contributed by atoms with Gasteiger partial charge >= 0.3 is 6.03 Å². The van der Waals surface area contributed by atoms with Gasteiger partial charge in [-0.2, -0.15) is 0 Å². The Balaban J connectivity index is 2.03. The van der Waals surface area contributed by atoms with E-state index in [-0.39, 0.29) is 17.5 Å². The molecule has 0 aromatic heterocycles. The van der Waals surface area contributed by atoms with Crippen molar-refractivity contribution in [3.05, 3.63) is 22.8 Å². The number of nitrogens with one attached hydrogen (secondary N) is 2. The molecule has 7 nitrogen and oxygen atoms in total. The summed E-state index contributed by atoms with van der Waals surface area (Å²) in [6.07, 6.45) is 1.83. The van der Waals surface area contributed by atoms with E-state index in [4.69, 9.17) is 0 Å². The largest absolute Gasteiger partial charge is 0.504 e. The van der Waals surface area contributed by atoms with Gasteiger partial charge in [-0.25, -0.2) is 4.79 Å². The Morgan fingerprint density at radius 2 is 2.14 bits per heavy atom. The molecule has 4 rings (SSSR count). The molecule has 1 aromatic carbocycles. The number of rotatable bonds is 0. The Morgan fingerprint density at radius 3 is 2.82 bits per heavy atom. The van der Waals surface area contributed by atoms with E-state index in [0.717, 1.165) is 24.1 Å². The summed E-state index contributed by atoms with van der Waals surface area (Å²) in [5.41, 5.74) is 0.876. The molecule has 1 aromatic rings. The fourth-order valence-corrected chi connectivity index (χ4v) is 4.11. The first-order chi connectivity index (χ1) is 10.4. The number of urea groups is 1. The number of benzene rings is 1. The molecule has 2 aliphatic heterocycles. The summed E-state index contributed by atoms with van der Waals surface area (Å²) >= 11 is 0. The lowest BCUT2D eigenvalue weighted by atomic mass is 9.70. The van der Waals surface area contributed by atoms with Crippen molar-refractivity contribution in [2.45, 2.75) is 30.8 Å². The molecule has 2 unspecified atom stereocenters. The topological polar surface area (TPSA) is 102 Å². The minimum atomic E-state index is -1.28. The van der Waals surface area contributed by atoms with E-state index in [1.54, 1.807) is 6.07 Å². The molecule has 22 heavy (non-hydrogen) atoms. The highest BCUT2D eigenvalue weighted by molar-refractivity contribution is 6.08. The third-order valence-electron chi connectivity index (χ3n) is 5.17. The van der Waals surface area contributed by atoms with E-state index in [0.29, 0.717) is 18.4 Å². The number of phenolic OH excluding ortho intramolecular Hbond substituents is 2. The number of hydrogen-bond donors (Lipinski definition) is 4. The van der Waals surface area contributed by atoms with Gasteiger partial charge in [0.1, 0.15) is 0 Å². The normalized spacial score (nSPS) is 30.1. The second-order valence-corrected chi connectivity index (χ2v) is 6.29. The van der Waals surface area contributed by atoms with Crippen LogP contribution in [0.25, 0.3) is 0 Å². The second-order valence-electron chi connectivity index (χ2n) is 6.29. The van der Waals surface area contributed by atoms with E-state index in [1.807, 2.05) is 7.05 Å². The Labute approximate surface area is 126 Å². The van der Waals surface area contributed by atoms with Gasteiger partial charge in [0.2, 0.25) is 0 Å². The average molecular weight is 303 g/mol. The van der Waals surface area contributed by atoms with Crippen molar-refractivity contribution in [1.29, 1.82) is 0 Å². The lowest BCUT2D eigenvalue weighted by molar-refractivity contribution is -0.125. The maximum absolute atomic E-state index is 12.4. The van der Waals surface area contributed by atoms with Crippen molar-refractivity contribution in [1.82, 2.24) is 15.5 Å². The molecule has 7 heteroatoms. The first kappa shape index (κ1) is 13.4. The summed E-state index contributed by atoms with van der Waals surface area (Å²) in [6.45, 7) is 0.854. The first-order valence-electron chi connectivity index (χ1n) is 7.36. The minimum absolute atomic E-state index is 0.0844. The van der Waals surface area contributed by atoms with Crippen molar-refractivity contribution < 1.29 is 19.8 Å². The number of hydrogen-bond acceptors (Lipinski definition) is 5. The number of fused-ring (bicyclic) bond motifs is 1. The zero-order valence-electron chi connectivity index (χ0n) is 12.1. The molecule has 2 heterocycles. The van der Waals surface area contributed by atoms with Crippen LogP contribution in [0.5, 0.6) is 11.5 Å². The number of phenols is 2. The lowest BCUT2D eigenvalue weighted by Crippen LogP contribution is -2.50. The van der Waals surface area contributed by atoms with Gasteiger partial charge in [0, 0.05) is 18.2 Å². The predicted molar refractivity (Wildman–Crippen MR) is 76.4 cm³/mol. The number of amides is 3. The molecular formula is C15H17N3O4. The average Bonchev–Trinajstić information content (AvgIpc) is 2.75. The van der Waals surface area contributed by atoms with E-state index in [2.05, 4.69) is 15.5 Å². The Kier molecular flexibility index (Phi) is 2.51. The summed E-state index contributed by atoms with van der Waals surface area (Å²) in [6, 6.07) is 1.09. The van der Waals surface area contributed by atoms with Gasteiger partial charge in [-0.05, 0) is 43.5 Å². The first-order valence-corrected chi connectivity index (χ1v) is 7.36. The molecule has 0 saturated carbocycles. The van der Waals surface area contributed by atoms with Gasteiger partial charge in [0.25, 0.3) is 5.91 Å². The molecule has 0 bridgehead atoms. The van der Waals surface area contributed by atoms with E-state index in [1.165, 1.54) is 0 Å². The highest BCUT2D eigenvalue weighted by Crippen LogP contribution is 2.52. The third-order valence-corrected chi connectivity index (χ3v) is 5.17. The van der Waals surface area contributed by atoms with Gasteiger partial charge < -0.3 is 15.5 Å². The smallest absolute Gasteiger partial charge is 0.322 e. The molecule has 116 valence electrons. The molecule has 3 amide bonds. The number of carbonyl (C=O) groups is 2. The van der Waals surface area contributed by atoms with Crippen LogP contribution < -0.4 is 10.6 Å². The number of nitrogens with zero attached hydrogens (tertiary/aromatic N) is 1. The van der Waals surface area contributed by atoms with Crippen molar-refractivity contribution in [2.75, 3.05) is 13.6 Å². The van der Waals surface area contributed by atoms with Crippen LogP contribution in [0.15, 0.2) is 6.07 Å². The highest BCUT2D eigenvalue weighted by Gasteiger charge is 2.54. The summed E-state index contributed by atoms with van der Waals surface area (Å²) in [5, 5.41) is 25.4. The van der Waals surface area contributed by atoms with Gasteiger partial charge in [-0.15, -0.1) is 0 Å². The minimum Gasteiger partial charge on any atom is -0.504 e. The zero-order valence-corrected chi connectivity index (χ0v) is 12.1. The zero-order chi connectivity index (χ0) is 15.6. The number of carbonyl (C=O) groups excluding carboxylic acids is 2. The van der Waals surface area contributed by atoms with Gasteiger partial charge in [-0.3, -0.25) is 15.0 Å². The second kappa shape index (κ2) is 4.13. The SMILES string of the molecule is CN1CCc2cc(O)c(O)c3c2C1CCC31NC(=O)NC1=O. The summed E-state index contributed by atoms with van der Waals surface area (Å²) in [4.78, 5) is 26.2. The standard InChI is InChI=1S/C15H17N3O4/c1-18-5-3-7-6-9(19)12(20)11-10(7)8(18)2-4-15(11)13(21)16-14(22)17-15/h6,8,19-20H,2-5H2,1H3,(H2,16,17,21,22). The molecule has 0 radical (unpaired) electrons. The van der Waals surface area contributed by atoms with E-state index in [9.17, 15) is 19.8 Å². The monoisotopic (exact) mass is 303 g/mol. The fourth-order valence-electron chi connectivity index (χ4n) is 4.11. The van der Waals surface area contributed by atoms with Gasteiger partial charge in [-0.1, -0.05) is 0 Å². The third kappa shape index (κ3) is 1.49. The van der Waals surface area contributed by atoms with Crippen molar-refractivity contribution in [3.63, 3.8) is 0 Å². The van der Waals surface area contributed by atoms with E-state index >= 15 is 0 Å². The molecule has 1 fully saturated rings. The Morgan fingerprint density at radius 1 is 1.36 bits per heavy atom. The van der Waals surface area contributed by atoms with Crippen molar-refractivity contribution in [2.24, 2.45) is 0 Å². The van der Waals surface area contributed by atoms with Crippen LogP contribution in [0.1, 0.15) is 35.6 Å². The number of imide groups is 1. The van der Waals surface area contributed by atoms with Crippen molar-refractivity contribution in [3.8, 4) is 11.5 Å². The molecule has 3 aliphatic rings. The van der Waals surface area contributed by atoms with Crippen LogP contribution >= 0.6 is 0 Å². The fraction of sp³-hybridized carbons (Fsp3) is 0.467. The molecule has 2 atom stereocenters. The van der Waals surface area contributed by atoms with E-state index < -0.39 is 17.5 Å². The molecule has 1 saturated heterocycles. The van der Waals surface area contributed by atoms with Crippen molar-refractivity contribution >= 4 is 11.9 Å².